The van der Waals surface area contributed by atoms with E-state index in [1.807, 2.05) is 29.3 Å². The number of hydrogen-bond acceptors (Lipinski definition) is 6. The first-order valence-electron chi connectivity index (χ1n) is 7.95. The molecule has 1 saturated heterocycles. The van der Waals surface area contributed by atoms with E-state index < -0.39 is 0 Å². The molecular weight excluding hydrogens is 326 g/mol. The summed E-state index contributed by atoms with van der Waals surface area (Å²) in [6.45, 7) is 3.96. The summed E-state index contributed by atoms with van der Waals surface area (Å²) in [5.74, 6) is 1.36. The minimum atomic E-state index is 0.0128. The van der Waals surface area contributed by atoms with E-state index in [9.17, 15) is 4.79 Å². The van der Waals surface area contributed by atoms with Gasteiger partial charge in [-0.15, -0.1) is 11.3 Å². The number of thiophene rings is 1. The molecule has 1 unspecified atom stereocenters. The number of carbonyl (C=O) groups is 1. The van der Waals surface area contributed by atoms with E-state index in [0.717, 1.165) is 11.3 Å². The number of rotatable bonds is 4. The van der Waals surface area contributed by atoms with Crippen molar-refractivity contribution in [2.24, 2.45) is 0 Å². The van der Waals surface area contributed by atoms with Crippen LogP contribution >= 0.6 is 11.3 Å². The maximum absolute atomic E-state index is 12.7. The highest BCUT2D eigenvalue weighted by Gasteiger charge is 2.32. The van der Waals surface area contributed by atoms with Gasteiger partial charge < -0.3 is 9.42 Å². The molecule has 7 nitrogen and oxygen atoms in total. The van der Waals surface area contributed by atoms with Crippen LogP contribution in [0.3, 0.4) is 0 Å². The van der Waals surface area contributed by atoms with Crippen LogP contribution in [0.2, 0.25) is 0 Å². The van der Waals surface area contributed by atoms with Crippen LogP contribution in [0.1, 0.15) is 35.6 Å². The molecular formula is C16H17N5O2S. The van der Waals surface area contributed by atoms with Gasteiger partial charge in [-0.05, 0) is 30.9 Å². The monoisotopic (exact) mass is 343 g/mol. The number of likely N-dealkylation sites (tertiary alicyclic amines) is 1. The predicted octanol–water partition coefficient (Wildman–Crippen LogP) is 2.64. The van der Waals surface area contributed by atoms with Gasteiger partial charge in [-0.1, -0.05) is 11.2 Å². The second kappa shape index (κ2) is 6.20. The zero-order chi connectivity index (χ0) is 16.5. The Hall–Kier alpha value is -2.48. The molecule has 8 heteroatoms. The van der Waals surface area contributed by atoms with E-state index in [4.69, 9.17) is 4.52 Å². The van der Waals surface area contributed by atoms with Crippen molar-refractivity contribution in [3.63, 3.8) is 0 Å². The fourth-order valence-electron chi connectivity index (χ4n) is 2.98. The first-order chi connectivity index (χ1) is 11.8. The first kappa shape index (κ1) is 15.1. The second-order valence-corrected chi connectivity index (χ2v) is 6.65. The Bertz CT molecular complexity index is 838. The summed E-state index contributed by atoms with van der Waals surface area (Å²) in [7, 11) is 0. The van der Waals surface area contributed by atoms with Gasteiger partial charge in [0.25, 0.3) is 11.8 Å². The maximum Gasteiger partial charge on any atom is 0.272 e. The Labute approximate surface area is 142 Å². The largest absolute Gasteiger partial charge is 0.337 e. The lowest BCUT2D eigenvalue weighted by molar-refractivity contribution is 0.0778. The average Bonchev–Trinajstić information content (AvgIpc) is 3.41. The highest BCUT2D eigenvalue weighted by atomic mass is 32.1. The Morgan fingerprint density at radius 2 is 2.38 bits per heavy atom. The topological polar surface area (TPSA) is 77.0 Å². The summed E-state index contributed by atoms with van der Waals surface area (Å²) in [4.78, 5) is 20.0. The summed E-state index contributed by atoms with van der Waals surface area (Å²) in [5, 5.41) is 10.3. The minimum Gasteiger partial charge on any atom is -0.337 e. The fourth-order valence-corrected chi connectivity index (χ4v) is 3.63. The first-order valence-corrected chi connectivity index (χ1v) is 8.82. The van der Waals surface area contributed by atoms with Crippen LogP contribution in [-0.2, 0) is 6.54 Å². The van der Waals surface area contributed by atoms with Crippen LogP contribution in [0.15, 0.2) is 34.3 Å². The average molecular weight is 343 g/mol. The SMILES string of the molecule is CCn1nccc1C(=O)N1CCC(c2noc(-c3cccs3)n2)C1. The molecule has 3 aromatic rings. The van der Waals surface area contributed by atoms with Gasteiger partial charge in [0.1, 0.15) is 5.69 Å². The molecule has 1 aliphatic heterocycles. The molecule has 0 aromatic carbocycles. The molecule has 1 atom stereocenters. The van der Waals surface area contributed by atoms with Crippen LogP contribution in [0.25, 0.3) is 10.8 Å². The van der Waals surface area contributed by atoms with Crippen molar-refractivity contribution in [1.82, 2.24) is 24.8 Å². The molecule has 3 aromatic heterocycles. The van der Waals surface area contributed by atoms with Gasteiger partial charge in [0.15, 0.2) is 5.82 Å². The Morgan fingerprint density at radius 3 is 3.17 bits per heavy atom. The van der Waals surface area contributed by atoms with E-state index in [1.54, 1.807) is 28.3 Å². The highest BCUT2D eigenvalue weighted by molar-refractivity contribution is 7.13. The van der Waals surface area contributed by atoms with Crippen molar-refractivity contribution in [2.75, 3.05) is 13.1 Å². The van der Waals surface area contributed by atoms with Gasteiger partial charge in [0.05, 0.1) is 4.88 Å². The second-order valence-electron chi connectivity index (χ2n) is 5.70. The molecule has 0 N–H and O–H groups in total. The van der Waals surface area contributed by atoms with Crippen LogP contribution < -0.4 is 0 Å². The van der Waals surface area contributed by atoms with Gasteiger partial charge in [-0.3, -0.25) is 9.48 Å². The molecule has 0 bridgehead atoms. The molecule has 1 amide bonds. The van der Waals surface area contributed by atoms with Gasteiger partial charge in [0.2, 0.25) is 0 Å². The molecule has 4 heterocycles. The summed E-state index contributed by atoms with van der Waals surface area (Å²) in [6.07, 6.45) is 2.51. The van der Waals surface area contributed by atoms with Crippen molar-refractivity contribution in [1.29, 1.82) is 0 Å². The summed E-state index contributed by atoms with van der Waals surface area (Å²) >= 11 is 1.57. The number of carbonyl (C=O) groups excluding carboxylic acids is 1. The third kappa shape index (κ3) is 2.62. The molecule has 0 saturated carbocycles. The highest BCUT2D eigenvalue weighted by Crippen LogP contribution is 2.29. The lowest BCUT2D eigenvalue weighted by Crippen LogP contribution is -2.30. The lowest BCUT2D eigenvalue weighted by Gasteiger charge is -2.16. The Balaban J connectivity index is 1.48. The smallest absolute Gasteiger partial charge is 0.272 e. The van der Waals surface area contributed by atoms with Crippen LogP contribution in [0, 0.1) is 0 Å². The number of hydrogen-bond donors (Lipinski definition) is 0. The van der Waals surface area contributed by atoms with Gasteiger partial charge in [-0.25, -0.2) is 0 Å². The number of nitrogens with zero attached hydrogens (tertiary/aromatic N) is 5. The zero-order valence-electron chi connectivity index (χ0n) is 13.3. The van der Waals surface area contributed by atoms with Crippen molar-refractivity contribution in [2.45, 2.75) is 25.8 Å². The van der Waals surface area contributed by atoms with E-state index >= 15 is 0 Å². The molecule has 0 aliphatic carbocycles. The van der Waals surface area contributed by atoms with Gasteiger partial charge in [0, 0.05) is 31.7 Å². The van der Waals surface area contributed by atoms with E-state index in [1.165, 1.54) is 0 Å². The van der Waals surface area contributed by atoms with E-state index in [2.05, 4.69) is 15.2 Å². The minimum absolute atomic E-state index is 0.0128. The molecule has 1 aliphatic rings. The van der Waals surface area contributed by atoms with Crippen LogP contribution in [-0.4, -0.2) is 43.8 Å². The lowest BCUT2D eigenvalue weighted by atomic mass is 10.1. The normalized spacial score (nSPS) is 17.5. The summed E-state index contributed by atoms with van der Waals surface area (Å²) < 4.78 is 7.08. The van der Waals surface area contributed by atoms with Crippen LogP contribution in [0.5, 0.6) is 0 Å². The molecule has 124 valence electrons. The van der Waals surface area contributed by atoms with Gasteiger partial charge >= 0.3 is 0 Å². The third-order valence-corrected chi connectivity index (χ3v) is 5.11. The number of amides is 1. The molecule has 24 heavy (non-hydrogen) atoms. The van der Waals surface area contributed by atoms with Gasteiger partial charge in [-0.2, -0.15) is 10.1 Å². The number of aryl methyl sites for hydroxylation is 1. The third-order valence-electron chi connectivity index (χ3n) is 4.25. The zero-order valence-corrected chi connectivity index (χ0v) is 14.1. The molecule has 0 spiro atoms. The Kier molecular flexibility index (Phi) is 3.89. The fraction of sp³-hybridized carbons (Fsp3) is 0.375. The quantitative estimate of drug-likeness (QED) is 0.728. The van der Waals surface area contributed by atoms with Crippen molar-refractivity contribution >= 4 is 17.2 Å². The van der Waals surface area contributed by atoms with Crippen molar-refractivity contribution < 1.29 is 9.32 Å². The maximum atomic E-state index is 12.7. The van der Waals surface area contributed by atoms with Crippen molar-refractivity contribution in [3.05, 3.63) is 41.3 Å². The number of aromatic nitrogens is 4. The Morgan fingerprint density at radius 1 is 1.46 bits per heavy atom. The molecule has 0 radical (unpaired) electrons. The van der Waals surface area contributed by atoms with E-state index in [0.29, 0.717) is 37.0 Å². The predicted molar refractivity (Wildman–Crippen MR) is 88.8 cm³/mol. The summed E-state index contributed by atoms with van der Waals surface area (Å²) in [5.41, 5.74) is 0.630. The summed E-state index contributed by atoms with van der Waals surface area (Å²) in [6, 6.07) is 5.68. The van der Waals surface area contributed by atoms with Crippen LogP contribution in [0.4, 0.5) is 0 Å². The standard InChI is InChI=1S/C16H17N5O2S/c1-2-21-12(5-7-17-21)16(22)20-8-6-11(10-20)14-18-15(23-19-14)13-4-3-9-24-13/h3-5,7,9,11H,2,6,8,10H2,1H3. The van der Waals surface area contributed by atoms with E-state index in [-0.39, 0.29) is 11.8 Å². The van der Waals surface area contributed by atoms with Crippen molar-refractivity contribution in [3.8, 4) is 10.8 Å². The molecule has 1 fully saturated rings. The molecule has 4 rings (SSSR count).